The monoisotopic (exact) mass is 139 g/mol. The van der Waals surface area contributed by atoms with Crippen LogP contribution in [-0.4, -0.2) is 0 Å². The van der Waals surface area contributed by atoms with E-state index in [1.54, 1.807) is 6.92 Å². The highest BCUT2D eigenvalue weighted by molar-refractivity contribution is 5.04. The van der Waals surface area contributed by atoms with Crippen LogP contribution in [-0.2, 0) is 6.54 Å². The van der Waals surface area contributed by atoms with Gasteiger partial charge in [-0.05, 0) is 6.92 Å². The zero-order valence-corrected chi connectivity index (χ0v) is 5.76. The molecular weight excluding hydrogens is 130 g/mol. The second-order valence-corrected chi connectivity index (χ2v) is 2.07. The van der Waals surface area contributed by atoms with Crippen molar-refractivity contribution in [3.63, 3.8) is 0 Å². The SMILES string of the molecule is Cc1cc(=O)cc(CN)o1. The van der Waals surface area contributed by atoms with E-state index >= 15 is 0 Å². The summed E-state index contributed by atoms with van der Waals surface area (Å²) in [6.07, 6.45) is 0. The van der Waals surface area contributed by atoms with Gasteiger partial charge in [0.25, 0.3) is 0 Å². The van der Waals surface area contributed by atoms with Crippen LogP contribution in [0.1, 0.15) is 11.5 Å². The molecule has 0 aliphatic heterocycles. The van der Waals surface area contributed by atoms with Crippen molar-refractivity contribution in [3.8, 4) is 0 Å². The number of nitrogens with two attached hydrogens (primary N) is 1. The first kappa shape index (κ1) is 7.02. The molecule has 0 aliphatic rings. The number of aryl methyl sites for hydroxylation is 1. The number of hydrogen-bond acceptors (Lipinski definition) is 3. The molecule has 0 radical (unpaired) electrons. The topological polar surface area (TPSA) is 56.2 Å². The molecule has 1 aromatic rings. The second kappa shape index (κ2) is 2.66. The lowest BCUT2D eigenvalue weighted by Crippen LogP contribution is -2.04. The number of rotatable bonds is 1. The molecule has 2 N–H and O–H groups in total. The van der Waals surface area contributed by atoms with Crippen LogP contribution in [0.15, 0.2) is 21.3 Å². The molecule has 3 nitrogen and oxygen atoms in total. The average Bonchev–Trinajstić information content (AvgIpc) is 1.85. The van der Waals surface area contributed by atoms with E-state index in [1.165, 1.54) is 12.1 Å². The largest absolute Gasteiger partial charge is 0.465 e. The minimum Gasteiger partial charge on any atom is -0.465 e. The van der Waals surface area contributed by atoms with Crippen molar-refractivity contribution in [1.82, 2.24) is 0 Å². The Morgan fingerprint density at radius 2 is 2.30 bits per heavy atom. The summed E-state index contributed by atoms with van der Waals surface area (Å²) in [4.78, 5) is 10.8. The Balaban J connectivity index is 3.19. The van der Waals surface area contributed by atoms with Crippen molar-refractivity contribution in [3.05, 3.63) is 33.9 Å². The van der Waals surface area contributed by atoms with Gasteiger partial charge in [-0.1, -0.05) is 0 Å². The lowest BCUT2D eigenvalue weighted by molar-refractivity contribution is 0.465. The smallest absolute Gasteiger partial charge is 0.185 e. The Bertz CT molecular complexity index is 277. The van der Waals surface area contributed by atoms with E-state index in [0.717, 1.165) is 0 Å². The van der Waals surface area contributed by atoms with Gasteiger partial charge in [0.05, 0.1) is 6.54 Å². The summed E-state index contributed by atoms with van der Waals surface area (Å²) >= 11 is 0. The Morgan fingerprint density at radius 3 is 2.80 bits per heavy atom. The first-order chi connectivity index (χ1) is 4.72. The van der Waals surface area contributed by atoms with Crippen LogP contribution in [0.4, 0.5) is 0 Å². The molecular formula is C7H9NO2. The van der Waals surface area contributed by atoms with Crippen molar-refractivity contribution in [2.45, 2.75) is 13.5 Å². The molecule has 0 saturated heterocycles. The Kier molecular flexibility index (Phi) is 1.87. The predicted octanol–water partition coefficient (Wildman–Crippen LogP) is 0.407. The molecule has 0 aliphatic carbocycles. The molecule has 0 aromatic carbocycles. The van der Waals surface area contributed by atoms with Crippen LogP contribution in [0.25, 0.3) is 0 Å². The molecule has 0 saturated carbocycles. The summed E-state index contributed by atoms with van der Waals surface area (Å²) in [6, 6.07) is 2.83. The van der Waals surface area contributed by atoms with Gasteiger partial charge in [-0.2, -0.15) is 0 Å². The third-order valence-corrected chi connectivity index (χ3v) is 1.14. The second-order valence-electron chi connectivity index (χ2n) is 2.07. The molecule has 0 atom stereocenters. The van der Waals surface area contributed by atoms with Gasteiger partial charge in [0, 0.05) is 12.1 Å². The van der Waals surface area contributed by atoms with Crippen LogP contribution in [0.2, 0.25) is 0 Å². The lowest BCUT2D eigenvalue weighted by Gasteiger charge is -1.95. The van der Waals surface area contributed by atoms with Gasteiger partial charge in [-0.15, -0.1) is 0 Å². The molecule has 10 heavy (non-hydrogen) atoms. The van der Waals surface area contributed by atoms with Crippen molar-refractivity contribution in [2.75, 3.05) is 0 Å². The molecule has 0 amide bonds. The van der Waals surface area contributed by atoms with E-state index in [9.17, 15) is 4.79 Å². The van der Waals surface area contributed by atoms with Crippen LogP contribution in [0.3, 0.4) is 0 Å². The third kappa shape index (κ3) is 1.45. The quantitative estimate of drug-likeness (QED) is 0.613. The molecule has 1 rings (SSSR count). The summed E-state index contributed by atoms with van der Waals surface area (Å²) in [7, 11) is 0. The van der Waals surface area contributed by atoms with Crippen LogP contribution in [0, 0.1) is 6.92 Å². The summed E-state index contributed by atoms with van der Waals surface area (Å²) in [5.41, 5.74) is 5.20. The summed E-state index contributed by atoms with van der Waals surface area (Å²) in [6.45, 7) is 2.00. The van der Waals surface area contributed by atoms with Crippen molar-refractivity contribution in [1.29, 1.82) is 0 Å². The fourth-order valence-corrected chi connectivity index (χ4v) is 0.767. The van der Waals surface area contributed by atoms with Crippen molar-refractivity contribution in [2.24, 2.45) is 5.73 Å². The zero-order chi connectivity index (χ0) is 7.56. The van der Waals surface area contributed by atoms with E-state index in [1.807, 2.05) is 0 Å². The van der Waals surface area contributed by atoms with Crippen LogP contribution >= 0.6 is 0 Å². The normalized spacial score (nSPS) is 9.80. The maximum atomic E-state index is 10.8. The fraction of sp³-hybridized carbons (Fsp3) is 0.286. The highest BCUT2D eigenvalue weighted by atomic mass is 16.3. The van der Waals surface area contributed by atoms with Gasteiger partial charge in [0.15, 0.2) is 5.43 Å². The van der Waals surface area contributed by atoms with E-state index in [2.05, 4.69) is 0 Å². The van der Waals surface area contributed by atoms with Crippen molar-refractivity contribution >= 4 is 0 Å². The first-order valence-electron chi connectivity index (χ1n) is 3.03. The molecule has 1 heterocycles. The molecule has 0 spiro atoms. The molecule has 0 fully saturated rings. The van der Waals surface area contributed by atoms with Gasteiger partial charge in [0.2, 0.25) is 0 Å². The average molecular weight is 139 g/mol. The van der Waals surface area contributed by atoms with Gasteiger partial charge >= 0.3 is 0 Å². The van der Waals surface area contributed by atoms with Gasteiger partial charge in [0.1, 0.15) is 11.5 Å². The summed E-state index contributed by atoms with van der Waals surface area (Å²) in [5.74, 6) is 1.14. The maximum Gasteiger partial charge on any atom is 0.185 e. The van der Waals surface area contributed by atoms with Crippen LogP contribution in [0.5, 0.6) is 0 Å². The van der Waals surface area contributed by atoms with Crippen molar-refractivity contribution < 1.29 is 4.42 Å². The third-order valence-electron chi connectivity index (χ3n) is 1.14. The van der Waals surface area contributed by atoms with E-state index in [0.29, 0.717) is 11.5 Å². The highest BCUT2D eigenvalue weighted by Crippen LogP contribution is 1.97. The maximum absolute atomic E-state index is 10.8. The Hall–Kier alpha value is -1.09. The predicted molar refractivity (Wildman–Crippen MR) is 37.6 cm³/mol. The van der Waals surface area contributed by atoms with E-state index < -0.39 is 0 Å². The fourth-order valence-electron chi connectivity index (χ4n) is 0.767. The molecule has 54 valence electrons. The molecule has 1 aromatic heterocycles. The molecule has 0 bridgehead atoms. The van der Waals surface area contributed by atoms with Gasteiger partial charge in [-0.25, -0.2) is 0 Å². The zero-order valence-electron chi connectivity index (χ0n) is 5.76. The highest BCUT2D eigenvalue weighted by Gasteiger charge is 1.94. The number of hydrogen-bond donors (Lipinski definition) is 1. The minimum absolute atomic E-state index is 0.0517. The molecule has 3 heteroatoms. The Morgan fingerprint density at radius 1 is 1.60 bits per heavy atom. The van der Waals surface area contributed by atoms with Crippen LogP contribution < -0.4 is 11.2 Å². The summed E-state index contributed by atoms with van der Waals surface area (Å²) < 4.78 is 5.08. The first-order valence-corrected chi connectivity index (χ1v) is 3.03. The molecule has 0 unspecified atom stereocenters. The van der Waals surface area contributed by atoms with Gasteiger partial charge < -0.3 is 10.2 Å². The minimum atomic E-state index is -0.0517. The lowest BCUT2D eigenvalue weighted by atomic mass is 10.3. The standard InChI is InChI=1S/C7H9NO2/c1-5-2-6(9)3-7(4-8)10-5/h2-3H,4,8H2,1H3. The van der Waals surface area contributed by atoms with E-state index in [-0.39, 0.29) is 12.0 Å². The van der Waals surface area contributed by atoms with E-state index in [4.69, 9.17) is 10.2 Å². The Labute approximate surface area is 58.5 Å². The van der Waals surface area contributed by atoms with Gasteiger partial charge in [-0.3, -0.25) is 4.79 Å². The summed E-state index contributed by atoms with van der Waals surface area (Å²) in [5, 5.41) is 0.